The second-order valence-corrected chi connectivity index (χ2v) is 8.17. The van der Waals surface area contributed by atoms with E-state index in [2.05, 4.69) is 12.2 Å². The second kappa shape index (κ2) is 9.67. The highest BCUT2D eigenvalue weighted by atomic mass is 32.2. The fourth-order valence-corrected chi connectivity index (χ4v) is 3.40. The van der Waals surface area contributed by atoms with Gasteiger partial charge in [-0.1, -0.05) is 25.8 Å². The van der Waals surface area contributed by atoms with Crippen LogP contribution in [-0.2, 0) is 14.8 Å². The molecular formula is C18H30N2O3S. The van der Waals surface area contributed by atoms with Crippen LogP contribution >= 0.6 is 0 Å². The molecule has 0 atom stereocenters. The molecule has 0 aliphatic carbocycles. The van der Waals surface area contributed by atoms with E-state index in [1.165, 1.54) is 10.6 Å². The number of aryl methyl sites for hydroxylation is 2. The monoisotopic (exact) mass is 354 g/mol. The molecule has 136 valence electrons. The van der Waals surface area contributed by atoms with Crippen molar-refractivity contribution in [1.82, 2.24) is 5.32 Å². The fourth-order valence-electron chi connectivity index (χ4n) is 2.44. The number of unbranched alkanes of at least 4 members (excludes halogenated alkanes) is 2. The van der Waals surface area contributed by atoms with Gasteiger partial charge in [0.15, 0.2) is 0 Å². The first-order chi connectivity index (χ1) is 11.3. The molecule has 0 saturated carbocycles. The molecule has 1 aromatic carbocycles. The standard InChI is InChI=1S/C18H30N2O3S/c1-5-6-7-12-19-18(21)9-8-13-20(24(4,22)23)17-11-10-15(2)16(3)14-17/h10-11,14H,5-9,12-13H2,1-4H3,(H,19,21). The van der Waals surface area contributed by atoms with Crippen molar-refractivity contribution in [2.45, 2.75) is 52.9 Å². The number of amides is 1. The number of rotatable bonds is 10. The van der Waals surface area contributed by atoms with Crippen molar-refractivity contribution in [3.8, 4) is 0 Å². The SMILES string of the molecule is CCCCCNC(=O)CCCN(c1ccc(C)c(C)c1)S(C)(=O)=O. The van der Waals surface area contributed by atoms with Gasteiger partial charge in [0.05, 0.1) is 11.9 Å². The average molecular weight is 355 g/mol. The molecule has 0 heterocycles. The number of benzene rings is 1. The van der Waals surface area contributed by atoms with Crippen molar-refractivity contribution in [2.24, 2.45) is 0 Å². The van der Waals surface area contributed by atoms with E-state index in [-0.39, 0.29) is 5.91 Å². The highest BCUT2D eigenvalue weighted by molar-refractivity contribution is 7.92. The Labute approximate surface area is 146 Å². The Morgan fingerprint density at radius 1 is 1.12 bits per heavy atom. The second-order valence-electron chi connectivity index (χ2n) is 6.26. The molecule has 1 N–H and O–H groups in total. The summed E-state index contributed by atoms with van der Waals surface area (Å²) in [7, 11) is -3.37. The summed E-state index contributed by atoms with van der Waals surface area (Å²) < 4.78 is 25.5. The van der Waals surface area contributed by atoms with Gasteiger partial charge in [-0.25, -0.2) is 8.42 Å². The van der Waals surface area contributed by atoms with Crippen LogP contribution in [0.15, 0.2) is 18.2 Å². The summed E-state index contributed by atoms with van der Waals surface area (Å²) in [5.74, 6) is -0.0142. The molecule has 0 aliphatic heterocycles. The van der Waals surface area contributed by atoms with Gasteiger partial charge in [-0.15, -0.1) is 0 Å². The summed E-state index contributed by atoms with van der Waals surface area (Å²) in [5, 5.41) is 2.88. The van der Waals surface area contributed by atoms with Crippen LogP contribution in [0.5, 0.6) is 0 Å². The lowest BCUT2D eigenvalue weighted by molar-refractivity contribution is -0.121. The third-order valence-electron chi connectivity index (χ3n) is 4.05. The maximum atomic E-state index is 12.1. The van der Waals surface area contributed by atoms with Crippen molar-refractivity contribution in [2.75, 3.05) is 23.7 Å². The number of nitrogens with zero attached hydrogens (tertiary/aromatic N) is 1. The number of sulfonamides is 1. The van der Waals surface area contributed by atoms with Crippen LogP contribution in [0.3, 0.4) is 0 Å². The van der Waals surface area contributed by atoms with Crippen molar-refractivity contribution in [3.63, 3.8) is 0 Å². The van der Waals surface area contributed by atoms with E-state index in [0.717, 1.165) is 30.4 Å². The Hall–Kier alpha value is -1.56. The normalized spacial score (nSPS) is 11.3. The van der Waals surface area contributed by atoms with Crippen LogP contribution in [0, 0.1) is 13.8 Å². The largest absolute Gasteiger partial charge is 0.356 e. The molecule has 0 fully saturated rings. The van der Waals surface area contributed by atoms with Crippen molar-refractivity contribution >= 4 is 21.6 Å². The zero-order valence-corrected chi connectivity index (χ0v) is 16.1. The van der Waals surface area contributed by atoms with Crippen LogP contribution in [0.1, 0.15) is 50.2 Å². The molecule has 5 nitrogen and oxygen atoms in total. The van der Waals surface area contributed by atoms with Crippen LogP contribution in [-0.4, -0.2) is 33.7 Å². The topological polar surface area (TPSA) is 66.5 Å². The Morgan fingerprint density at radius 3 is 2.42 bits per heavy atom. The van der Waals surface area contributed by atoms with E-state index in [1.807, 2.05) is 32.0 Å². The molecule has 0 radical (unpaired) electrons. The van der Waals surface area contributed by atoms with Gasteiger partial charge in [-0.2, -0.15) is 0 Å². The highest BCUT2D eigenvalue weighted by Crippen LogP contribution is 2.21. The van der Waals surface area contributed by atoms with Gasteiger partial charge in [0.2, 0.25) is 15.9 Å². The number of carbonyl (C=O) groups excluding carboxylic acids is 1. The lowest BCUT2D eigenvalue weighted by Gasteiger charge is -2.23. The third kappa shape index (κ3) is 6.91. The predicted molar refractivity (Wildman–Crippen MR) is 99.9 cm³/mol. The molecule has 0 unspecified atom stereocenters. The summed E-state index contributed by atoms with van der Waals surface area (Å²) in [4.78, 5) is 11.8. The molecule has 6 heteroatoms. The minimum absolute atomic E-state index is 0.0142. The number of nitrogens with one attached hydrogen (secondary N) is 1. The van der Waals surface area contributed by atoms with Gasteiger partial charge >= 0.3 is 0 Å². The van der Waals surface area contributed by atoms with Gasteiger partial charge in [-0.3, -0.25) is 9.10 Å². The molecule has 0 spiro atoms. The van der Waals surface area contributed by atoms with Gasteiger partial charge in [0.25, 0.3) is 0 Å². The fraction of sp³-hybridized carbons (Fsp3) is 0.611. The van der Waals surface area contributed by atoms with Crippen molar-refractivity contribution < 1.29 is 13.2 Å². The lowest BCUT2D eigenvalue weighted by Crippen LogP contribution is -2.32. The predicted octanol–water partition coefficient (Wildman–Crippen LogP) is 3.16. The Kier molecular flexibility index (Phi) is 8.25. The van der Waals surface area contributed by atoms with E-state index in [0.29, 0.717) is 31.6 Å². The summed E-state index contributed by atoms with van der Waals surface area (Å²) in [6, 6.07) is 5.61. The Balaban J connectivity index is 2.59. The molecule has 1 rings (SSSR count). The smallest absolute Gasteiger partial charge is 0.232 e. The zero-order chi connectivity index (χ0) is 18.2. The number of hydrogen-bond donors (Lipinski definition) is 1. The molecule has 0 saturated heterocycles. The first-order valence-electron chi connectivity index (χ1n) is 8.57. The molecule has 1 amide bonds. The van der Waals surface area contributed by atoms with E-state index < -0.39 is 10.0 Å². The number of hydrogen-bond acceptors (Lipinski definition) is 3. The van der Waals surface area contributed by atoms with Gasteiger partial charge < -0.3 is 5.32 Å². The molecule has 1 aromatic rings. The van der Waals surface area contributed by atoms with E-state index >= 15 is 0 Å². The maximum absolute atomic E-state index is 12.1. The summed E-state index contributed by atoms with van der Waals surface area (Å²) in [6.07, 6.45) is 5.25. The van der Waals surface area contributed by atoms with Gasteiger partial charge in [-0.05, 0) is 49.9 Å². The molecule has 0 bridgehead atoms. The van der Waals surface area contributed by atoms with Crippen LogP contribution in [0.25, 0.3) is 0 Å². The number of carbonyl (C=O) groups is 1. The summed E-state index contributed by atoms with van der Waals surface area (Å²) in [5.41, 5.74) is 2.83. The van der Waals surface area contributed by atoms with E-state index in [1.54, 1.807) is 0 Å². The third-order valence-corrected chi connectivity index (χ3v) is 5.24. The summed E-state index contributed by atoms with van der Waals surface area (Å²) in [6.45, 7) is 7.08. The highest BCUT2D eigenvalue weighted by Gasteiger charge is 2.18. The first kappa shape index (κ1) is 20.5. The Morgan fingerprint density at radius 2 is 1.83 bits per heavy atom. The minimum Gasteiger partial charge on any atom is -0.356 e. The quantitative estimate of drug-likeness (QED) is 0.656. The first-order valence-corrected chi connectivity index (χ1v) is 10.4. The summed E-state index contributed by atoms with van der Waals surface area (Å²) >= 11 is 0. The number of anilines is 1. The van der Waals surface area contributed by atoms with Gasteiger partial charge in [0, 0.05) is 19.5 Å². The van der Waals surface area contributed by atoms with E-state index in [9.17, 15) is 13.2 Å². The maximum Gasteiger partial charge on any atom is 0.232 e. The Bertz CT molecular complexity index is 642. The van der Waals surface area contributed by atoms with Crippen LogP contribution in [0.4, 0.5) is 5.69 Å². The zero-order valence-electron chi connectivity index (χ0n) is 15.3. The molecule has 24 heavy (non-hydrogen) atoms. The molecular weight excluding hydrogens is 324 g/mol. The van der Waals surface area contributed by atoms with E-state index in [4.69, 9.17) is 0 Å². The van der Waals surface area contributed by atoms with Gasteiger partial charge in [0.1, 0.15) is 0 Å². The average Bonchev–Trinajstić information content (AvgIpc) is 2.50. The minimum atomic E-state index is -3.37. The molecule has 0 aliphatic rings. The lowest BCUT2D eigenvalue weighted by atomic mass is 10.1. The van der Waals surface area contributed by atoms with Crippen molar-refractivity contribution in [3.05, 3.63) is 29.3 Å². The molecule has 0 aromatic heterocycles. The van der Waals surface area contributed by atoms with Crippen molar-refractivity contribution in [1.29, 1.82) is 0 Å². The van der Waals surface area contributed by atoms with Crippen LogP contribution < -0.4 is 9.62 Å². The van der Waals surface area contributed by atoms with Crippen LogP contribution in [0.2, 0.25) is 0 Å².